The number of nitrogens with zero attached hydrogens (tertiary/aromatic N) is 1. The van der Waals surface area contributed by atoms with Crippen LogP contribution in [0.3, 0.4) is 0 Å². The number of thioether (sulfide) groups is 2. The Balaban J connectivity index is 1.71. The summed E-state index contributed by atoms with van der Waals surface area (Å²) in [6.45, 7) is 0.876. The minimum absolute atomic E-state index is 0.0432. The molecule has 1 heterocycles. The maximum absolute atomic E-state index is 12.6. The van der Waals surface area contributed by atoms with Crippen LogP contribution in [-0.4, -0.2) is 36.4 Å². The van der Waals surface area contributed by atoms with Crippen LogP contribution >= 0.6 is 35.1 Å². The van der Waals surface area contributed by atoms with Gasteiger partial charge in [-0.3, -0.25) is 4.99 Å². The molecule has 23 heavy (non-hydrogen) atoms. The highest BCUT2D eigenvalue weighted by Crippen LogP contribution is 2.35. The summed E-state index contributed by atoms with van der Waals surface area (Å²) in [5.74, 6) is 1.04. The molecule has 0 aromatic heterocycles. The van der Waals surface area contributed by atoms with Crippen molar-refractivity contribution in [1.82, 2.24) is 4.72 Å². The summed E-state index contributed by atoms with van der Waals surface area (Å²) in [4.78, 5) is 4.75. The molecule has 1 N–H and O–H groups in total. The number of aliphatic imine (C=N–C) groups is 1. The van der Waals surface area contributed by atoms with Gasteiger partial charge in [0.15, 0.2) is 0 Å². The van der Waals surface area contributed by atoms with E-state index in [-0.39, 0.29) is 16.2 Å². The van der Waals surface area contributed by atoms with Gasteiger partial charge in [-0.15, -0.1) is 0 Å². The number of rotatable bonds is 4. The summed E-state index contributed by atoms with van der Waals surface area (Å²) in [6, 6.07) is 6.26. The van der Waals surface area contributed by atoms with Gasteiger partial charge in [0.25, 0.3) is 0 Å². The van der Waals surface area contributed by atoms with E-state index >= 15 is 0 Å². The lowest BCUT2D eigenvalue weighted by Gasteiger charge is -2.31. The fraction of sp³-hybridized carbons (Fsp3) is 0.533. The van der Waals surface area contributed by atoms with E-state index in [0.717, 1.165) is 42.4 Å². The molecule has 8 heteroatoms. The Bertz CT molecular complexity index is 676. The largest absolute Gasteiger partial charge is 0.271 e. The third-order valence-corrected chi connectivity index (χ3v) is 8.30. The molecule has 1 aliphatic carbocycles. The Hall–Kier alpha value is -0.210. The van der Waals surface area contributed by atoms with Gasteiger partial charge < -0.3 is 0 Å². The highest BCUT2D eigenvalue weighted by molar-refractivity contribution is 8.39. The van der Waals surface area contributed by atoms with Gasteiger partial charge in [-0.25, -0.2) is 13.1 Å². The van der Waals surface area contributed by atoms with Crippen molar-refractivity contribution in [3.8, 4) is 0 Å². The van der Waals surface area contributed by atoms with E-state index in [2.05, 4.69) is 9.71 Å². The van der Waals surface area contributed by atoms with Gasteiger partial charge in [-0.2, -0.15) is 0 Å². The van der Waals surface area contributed by atoms with Crippen LogP contribution in [0.2, 0.25) is 5.02 Å². The number of nitrogens with one attached hydrogen (secondary N) is 1. The lowest BCUT2D eigenvalue weighted by molar-refractivity contribution is 0.424. The zero-order valence-corrected chi connectivity index (χ0v) is 15.8. The van der Waals surface area contributed by atoms with E-state index in [1.165, 1.54) is 0 Å². The van der Waals surface area contributed by atoms with Gasteiger partial charge in [0.05, 0.1) is 11.4 Å². The van der Waals surface area contributed by atoms with Gasteiger partial charge >= 0.3 is 0 Å². The van der Waals surface area contributed by atoms with Crippen molar-refractivity contribution >= 4 is 49.5 Å². The van der Waals surface area contributed by atoms with Crippen LogP contribution in [-0.2, 0) is 10.0 Å². The Morgan fingerprint density at radius 3 is 2.65 bits per heavy atom. The molecule has 3 rings (SSSR count). The molecule has 0 amide bonds. The molecule has 0 spiro atoms. The normalized spacial score (nSPS) is 25.3. The van der Waals surface area contributed by atoms with Crippen LogP contribution in [0.15, 0.2) is 34.2 Å². The van der Waals surface area contributed by atoms with Crippen LogP contribution < -0.4 is 4.72 Å². The van der Waals surface area contributed by atoms with Crippen molar-refractivity contribution in [2.24, 2.45) is 4.99 Å². The van der Waals surface area contributed by atoms with Crippen molar-refractivity contribution in [1.29, 1.82) is 0 Å². The van der Waals surface area contributed by atoms with Crippen LogP contribution in [0.25, 0.3) is 0 Å². The van der Waals surface area contributed by atoms with E-state index in [9.17, 15) is 8.42 Å². The average Bonchev–Trinajstić information content (AvgIpc) is 3.02. The highest BCUT2D eigenvalue weighted by atomic mass is 35.5. The second-order valence-corrected chi connectivity index (χ2v) is 10.3. The van der Waals surface area contributed by atoms with Gasteiger partial charge in [-0.05, 0) is 37.1 Å². The molecule has 2 aliphatic rings. The first kappa shape index (κ1) is 17.6. The molecule has 1 fully saturated rings. The number of hydrogen-bond donors (Lipinski definition) is 1. The molecule has 1 saturated carbocycles. The van der Waals surface area contributed by atoms with Crippen LogP contribution in [0.5, 0.6) is 0 Å². The summed E-state index contributed by atoms with van der Waals surface area (Å²) >= 11 is 9.35. The van der Waals surface area contributed by atoms with Crippen molar-refractivity contribution in [3.63, 3.8) is 0 Å². The zero-order chi connectivity index (χ0) is 16.3. The summed E-state index contributed by atoms with van der Waals surface area (Å²) in [6.07, 6.45) is 4.11. The Labute approximate surface area is 150 Å². The highest BCUT2D eigenvalue weighted by Gasteiger charge is 2.31. The standard InChI is InChI=1S/C15H19ClN2O2S3/c16-11-5-7-12(8-6-11)23(19,20)18-13-3-1-2-4-14(13)22-15-17-9-10-21-15/h5-8,13-14,18H,1-4,9-10H2/t13-,14-/m1/s1. The van der Waals surface area contributed by atoms with Crippen LogP contribution in [0.1, 0.15) is 25.7 Å². The van der Waals surface area contributed by atoms with E-state index in [1.54, 1.807) is 47.8 Å². The van der Waals surface area contributed by atoms with Crippen molar-refractivity contribution in [2.45, 2.75) is 41.9 Å². The van der Waals surface area contributed by atoms with Crippen LogP contribution in [0, 0.1) is 0 Å². The molecule has 0 bridgehead atoms. The van der Waals surface area contributed by atoms with Crippen LogP contribution in [0.4, 0.5) is 0 Å². The molecule has 1 aromatic rings. The molecule has 0 radical (unpaired) electrons. The SMILES string of the molecule is O=S(=O)(N[C@@H]1CCCC[C@H]1SC1=NCCS1)c1ccc(Cl)cc1. The lowest BCUT2D eigenvalue weighted by Crippen LogP contribution is -2.44. The minimum Gasteiger partial charge on any atom is -0.271 e. The number of hydrogen-bond acceptors (Lipinski definition) is 5. The minimum atomic E-state index is -3.51. The van der Waals surface area contributed by atoms with Crippen molar-refractivity contribution in [2.75, 3.05) is 12.3 Å². The molecular weight excluding hydrogens is 372 g/mol. The summed E-state index contributed by atoms with van der Waals surface area (Å²) < 4.78 is 29.2. The third-order valence-electron chi connectivity index (χ3n) is 3.94. The summed E-state index contributed by atoms with van der Waals surface area (Å²) in [5, 5.41) is 0.793. The average molecular weight is 391 g/mol. The van der Waals surface area contributed by atoms with E-state index < -0.39 is 10.0 Å². The molecular formula is C15H19ClN2O2S3. The molecule has 1 aliphatic heterocycles. The van der Waals surface area contributed by atoms with Gasteiger partial charge in [0, 0.05) is 22.1 Å². The topological polar surface area (TPSA) is 58.5 Å². The first-order valence-electron chi connectivity index (χ1n) is 7.66. The molecule has 4 nitrogen and oxygen atoms in total. The van der Waals surface area contributed by atoms with Crippen molar-refractivity contribution in [3.05, 3.63) is 29.3 Å². The lowest BCUT2D eigenvalue weighted by atomic mass is 9.96. The predicted octanol–water partition coefficient (Wildman–Crippen LogP) is 3.77. The monoisotopic (exact) mass is 390 g/mol. The second-order valence-electron chi connectivity index (χ2n) is 5.62. The smallest absolute Gasteiger partial charge is 0.240 e. The molecule has 2 atom stereocenters. The fourth-order valence-corrected chi connectivity index (χ4v) is 6.80. The van der Waals surface area contributed by atoms with E-state index in [1.807, 2.05) is 0 Å². The predicted molar refractivity (Wildman–Crippen MR) is 100 cm³/mol. The maximum Gasteiger partial charge on any atom is 0.240 e. The maximum atomic E-state index is 12.6. The quantitative estimate of drug-likeness (QED) is 0.850. The van der Waals surface area contributed by atoms with E-state index in [4.69, 9.17) is 11.6 Å². The Morgan fingerprint density at radius 2 is 1.96 bits per heavy atom. The first-order valence-corrected chi connectivity index (χ1v) is 11.4. The zero-order valence-electron chi connectivity index (χ0n) is 12.6. The van der Waals surface area contributed by atoms with Gasteiger partial charge in [0.2, 0.25) is 10.0 Å². The molecule has 126 valence electrons. The Morgan fingerprint density at radius 1 is 1.22 bits per heavy atom. The fourth-order valence-electron chi connectivity index (χ4n) is 2.77. The number of sulfonamides is 1. The molecule has 1 aromatic carbocycles. The van der Waals surface area contributed by atoms with Gasteiger partial charge in [-0.1, -0.05) is 48.0 Å². The molecule has 0 unspecified atom stereocenters. The summed E-state index contributed by atoms with van der Waals surface area (Å²) in [7, 11) is -3.51. The number of benzene rings is 1. The molecule has 0 saturated heterocycles. The van der Waals surface area contributed by atoms with Gasteiger partial charge in [0.1, 0.15) is 4.38 Å². The first-order chi connectivity index (χ1) is 11.0. The summed E-state index contributed by atoms with van der Waals surface area (Å²) in [5.41, 5.74) is 0. The second kappa shape index (κ2) is 7.78. The third kappa shape index (κ3) is 4.66. The number of halogens is 1. The Kier molecular flexibility index (Phi) is 5.96. The van der Waals surface area contributed by atoms with Crippen molar-refractivity contribution < 1.29 is 8.42 Å². The van der Waals surface area contributed by atoms with E-state index in [0.29, 0.717) is 5.02 Å².